The van der Waals surface area contributed by atoms with Crippen LogP contribution in [-0.2, 0) is 19.1 Å². The van der Waals surface area contributed by atoms with Crippen LogP contribution in [0.5, 0.6) is 0 Å². The van der Waals surface area contributed by atoms with Gasteiger partial charge in [0.25, 0.3) is 0 Å². The molecule has 32 heavy (non-hydrogen) atoms. The van der Waals surface area contributed by atoms with Crippen LogP contribution in [0.15, 0.2) is 11.6 Å². The molecule has 5 nitrogen and oxygen atoms in total. The molecule has 4 aliphatic carbocycles. The number of hydrogen-bond donors (Lipinski definition) is 0. The van der Waals surface area contributed by atoms with Crippen LogP contribution < -0.4 is 0 Å². The Morgan fingerprint density at radius 3 is 2.38 bits per heavy atom. The fourth-order valence-corrected chi connectivity index (χ4v) is 8.68. The van der Waals surface area contributed by atoms with E-state index in [1.54, 1.807) is 6.08 Å². The summed E-state index contributed by atoms with van der Waals surface area (Å²) in [5, 5.41) is 9.37. The number of fused-ring (bicyclic) bond motifs is 5. The summed E-state index contributed by atoms with van der Waals surface area (Å²) in [5.41, 5.74) is 1.54. The van der Waals surface area contributed by atoms with Crippen LogP contribution in [0.3, 0.4) is 0 Å². The van der Waals surface area contributed by atoms with E-state index in [0.29, 0.717) is 23.2 Å². The lowest BCUT2D eigenvalue weighted by Crippen LogP contribution is -2.54. The van der Waals surface area contributed by atoms with Crippen molar-refractivity contribution in [1.29, 1.82) is 5.26 Å². The van der Waals surface area contributed by atoms with E-state index in [0.717, 1.165) is 43.1 Å². The van der Waals surface area contributed by atoms with Gasteiger partial charge < -0.3 is 9.47 Å². The highest BCUT2D eigenvalue weighted by Crippen LogP contribution is 2.68. The van der Waals surface area contributed by atoms with E-state index in [9.17, 15) is 14.9 Å². The van der Waals surface area contributed by atoms with Crippen LogP contribution in [0.1, 0.15) is 85.5 Å². The fraction of sp³-hybridized carbons (Fsp3) is 0.815. The SMILES string of the molecule is CC(=O)OCC(=CC#N)C1CCC2C3CCC4CC(OC(C)=O)CCC4(C)C3CCC12C. The van der Waals surface area contributed by atoms with Crippen molar-refractivity contribution in [3.8, 4) is 6.07 Å². The molecule has 0 spiro atoms. The third-order valence-electron chi connectivity index (χ3n) is 10.1. The number of carbonyl (C=O) groups is 2. The van der Waals surface area contributed by atoms with E-state index < -0.39 is 0 Å². The molecule has 0 amide bonds. The predicted octanol–water partition coefficient (Wildman–Crippen LogP) is 5.59. The molecule has 0 aliphatic heterocycles. The molecule has 5 heteroatoms. The van der Waals surface area contributed by atoms with Crippen molar-refractivity contribution in [1.82, 2.24) is 0 Å². The molecule has 0 heterocycles. The second kappa shape index (κ2) is 8.84. The Bertz CT molecular complexity index is 828. The minimum absolute atomic E-state index is 0.104. The molecule has 4 rings (SSSR count). The maximum absolute atomic E-state index is 11.5. The van der Waals surface area contributed by atoms with Crippen LogP contribution in [0.2, 0.25) is 0 Å². The summed E-state index contributed by atoms with van der Waals surface area (Å²) in [4.78, 5) is 22.9. The minimum atomic E-state index is -0.284. The Balaban J connectivity index is 1.52. The highest BCUT2D eigenvalue weighted by molar-refractivity contribution is 5.66. The highest BCUT2D eigenvalue weighted by atomic mass is 16.5. The van der Waals surface area contributed by atoms with Gasteiger partial charge >= 0.3 is 11.9 Å². The maximum atomic E-state index is 11.5. The Hall–Kier alpha value is -1.83. The summed E-state index contributed by atoms with van der Waals surface area (Å²) in [6, 6.07) is 2.21. The molecule has 0 bridgehead atoms. The molecule has 0 radical (unpaired) electrons. The van der Waals surface area contributed by atoms with Crippen molar-refractivity contribution in [3.63, 3.8) is 0 Å². The highest BCUT2D eigenvalue weighted by Gasteiger charge is 2.60. The molecule has 176 valence electrons. The predicted molar refractivity (Wildman–Crippen MR) is 121 cm³/mol. The van der Waals surface area contributed by atoms with Gasteiger partial charge in [-0.15, -0.1) is 0 Å². The van der Waals surface area contributed by atoms with E-state index in [1.807, 2.05) is 0 Å². The van der Waals surface area contributed by atoms with Crippen molar-refractivity contribution in [2.75, 3.05) is 6.61 Å². The van der Waals surface area contributed by atoms with Gasteiger partial charge in [-0.1, -0.05) is 13.8 Å². The average molecular weight is 442 g/mol. The summed E-state index contributed by atoms with van der Waals surface area (Å²) < 4.78 is 10.9. The van der Waals surface area contributed by atoms with Gasteiger partial charge in [-0.25, -0.2) is 0 Å². The maximum Gasteiger partial charge on any atom is 0.302 e. The molecule has 0 aromatic rings. The van der Waals surface area contributed by atoms with Crippen LogP contribution in [0.25, 0.3) is 0 Å². The zero-order valence-electron chi connectivity index (χ0n) is 20.2. The second-order valence-corrected chi connectivity index (χ2v) is 11.5. The molecular formula is C27H39NO4. The minimum Gasteiger partial charge on any atom is -0.463 e. The van der Waals surface area contributed by atoms with Gasteiger partial charge in [0.05, 0.1) is 6.07 Å². The van der Waals surface area contributed by atoms with E-state index >= 15 is 0 Å². The zero-order chi connectivity index (χ0) is 23.1. The first-order valence-electron chi connectivity index (χ1n) is 12.6. The van der Waals surface area contributed by atoms with Gasteiger partial charge in [0.15, 0.2) is 0 Å². The molecule has 8 unspecified atom stereocenters. The number of nitrogens with zero attached hydrogens (tertiary/aromatic N) is 1. The first kappa shape index (κ1) is 23.3. The fourth-order valence-electron chi connectivity index (χ4n) is 8.68. The molecule has 4 saturated carbocycles. The smallest absolute Gasteiger partial charge is 0.302 e. The van der Waals surface area contributed by atoms with Gasteiger partial charge in [0.2, 0.25) is 0 Å². The number of hydrogen-bond acceptors (Lipinski definition) is 5. The number of nitriles is 1. The second-order valence-electron chi connectivity index (χ2n) is 11.5. The molecule has 0 saturated heterocycles. The van der Waals surface area contributed by atoms with E-state index in [1.165, 1.54) is 46.0 Å². The summed E-state index contributed by atoms with van der Waals surface area (Å²) in [6.45, 7) is 8.18. The van der Waals surface area contributed by atoms with Crippen molar-refractivity contribution in [3.05, 3.63) is 11.6 Å². The first-order chi connectivity index (χ1) is 15.2. The quantitative estimate of drug-likeness (QED) is 0.420. The Morgan fingerprint density at radius 2 is 1.69 bits per heavy atom. The molecule has 4 fully saturated rings. The summed E-state index contributed by atoms with van der Waals surface area (Å²) in [5.74, 6) is 2.71. The summed E-state index contributed by atoms with van der Waals surface area (Å²) >= 11 is 0. The van der Waals surface area contributed by atoms with Gasteiger partial charge in [0, 0.05) is 19.9 Å². The van der Waals surface area contributed by atoms with Crippen LogP contribution in [0, 0.1) is 51.8 Å². The van der Waals surface area contributed by atoms with Crippen LogP contribution in [-0.4, -0.2) is 24.6 Å². The van der Waals surface area contributed by atoms with Gasteiger partial charge in [-0.2, -0.15) is 5.26 Å². The van der Waals surface area contributed by atoms with Gasteiger partial charge in [0.1, 0.15) is 12.7 Å². The van der Waals surface area contributed by atoms with Crippen LogP contribution >= 0.6 is 0 Å². The van der Waals surface area contributed by atoms with Crippen molar-refractivity contribution in [2.45, 2.75) is 91.6 Å². The molecule has 8 atom stereocenters. The molecule has 4 aliphatic rings. The number of carbonyl (C=O) groups excluding carboxylic acids is 2. The molecule has 0 N–H and O–H groups in total. The van der Waals surface area contributed by atoms with Crippen molar-refractivity contribution in [2.24, 2.45) is 40.4 Å². The Labute approximate surface area is 192 Å². The lowest BCUT2D eigenvalue weighted by atomic mass is 9.44. The van der Waals surface area contributed by atoms with Gasteiger partial charge in [-0.3, -0.25) is 9.59 Å². The van der Waals surface area contributed by atoms with E-state index in [2.05, 4.69) is 19.9 Å². The third-order valence-corrected chi connectivity index (χ3v) is 10.1. The zero-order valence-corrected chi connectivity index (χ0v) is 20.2. The average Bonchev–Trinajstić information content (AvgIpc) is 3.08. The number of ether oxygens (including phenoxy) is 2. The molecule has 0 aromatic carbocycles. The Morgan fingerprint density at radius 1 is 0.969 bits per heavy atom. The monoisotopic (exact) mass is 441 g/mol. The lowest BCUT2D eigenvalue weighted by Gasteiger charge is -2.61. The van der Waals surface area contributed by atoms with E-state index in [4.69, 9.17) is 9.47 Å². The number of esters is 2. The summed E-state index contributed by atoms with van der Waals surface area (Å²) in [7, 11) is 0. The topological polar surface area (TPSA) is 76.4 Å². The number of allylic oxidation sites excluding steroid dienone is 1. The molecule has 0 aromatic heterocycles. The normalized spacial score (nSPS) is 43.3. The largest absolute Gasteiger partial charge is 0.463 e. The third kappa shape index (κ3) is 3.99. The summed E-state index contributed by atoms with van der Waals surface area (Å²) in [6.07, 6.45) is 12.2. The molecular weight excluding hydrogens is 402 g/mol. The van der Waals surface area contributed by atoms with Gasteiger partial charge in [-0.05, 0) is 104 Å². The lowest BCUT2D eigenvalue weighted by molar-refractivity contribution is -0.159. The Kier molecular flexibility index (Phi) is 6.45. The van der Waals surface area contributed by atoms with Crippen molar-refractivity contribution >= 4 is 11.9 Å². The first-order valence-corrected chi connectivity index (χ1v) is 12.6. The van der Waals surface area contributed by atoms with Crippen molar-refractivity contribution < 1.29 is 19.1 Å². The van der Waals surface area contributed by atoms with Crippen LogP contribution in [0.4, 0.5) is 0 Å². The van der Waals surface area contributed by atoms with E-state index in [-0.39, 0.29) is 30.1 Å². The standard InChI is InChI=1S/C27H39NO4/c1-17(29)31-16-19(11-14-28)23-7-8-24-22-6-5-20-15-21(32-18(2)30)9-12-26(20,3)25(22)10-13-27(23,24)4/h11,20-25H,5-10,12-13,15-16H2,1-4H3. The number of rotatable bonds is 4.